The summed E-state index contributed by atoms with van der Waals surface area (Å²) in [6.45, 7) is 5.59. The summed E-state index contributed by atoms with van der Waals surface area (Å²) in [5.41, 5.74) is 8.90. The summed E-state index contributed by atoms with van der Waals surface area (Å²) in [6.07, 6.45) is 6.70. The van der Waals surface area contributed by atoms with Crippen molar-refractivity contribution in [3.05, 3.63) is 89.2 Å². The Balaban J connectivity index is 1.80. The van der Waals surface area contributed by atoms with Gasteiger partial charge in [0.2, 0.25) is 11.7 Å². The van der Waals surface area contributed by atoms with E-state index in [1.54, 1.807) is 12.3 Å². The summed E-state index contributed by atoms with van der Waals surface area (Å²) in [5.74, 6) is 6.11. The van der Waals surface area contributed by atoms with E-state index in [4.69, 9.17) is 16.3 Å². The van der Waals surface area contributed by atoms with Crippen LogP contribution in [0.25, 0.3) is 11.3 Å². The first-order valence-electron chi connectivity index (χ1n) is 10.5. The number of amides is 1. The van der Waals surface area contributed by atoms with Crippen LogP contribution in [-0.4, -0.2) is 22.0 Å². The number of carbonyl (C=O) groups is 2. The summed E-state index contributed by atoms with van der Waals surface area (Å²) >= 11 is 0. The van der Waals surface area contributed by atoms with Crippen molar-refractivity contribution in [2.45, 2.75) is 38.2 Å². The fourth-order valence-corrected chi connectivity index (χ4v) is 4.39. The van der Waals surface area contributed by atoms with Gasteiger partial charge in [-0.25, -0.2) is 4.99 Å². The number of nitrogens with two attached hydrogens (primary N) is 2. The molecule has 0 atom stereocenters. The smallest absolute Gasteiger partial charge is 0.241 e. The zero-order chi connectivity index (χ0) is 22.9. The normalized spacial score (nSPS) is 21.1. The average molecular weight is 431 g/mol. The Morgan fingerprint density at radius 2 is 1.97 bits per heavy atom. The van der Waals surface area contributed by atoms with Gasteiger partial charge in [0, 0.05) is 24.0 Å². The molecule has 0 unspecified atom stereocenters. The van der Waals surface area contributed by atoms with Crippen molar-refractivity contribution < 1.29 is 14.3 Å². The second kappa shape index (κ2) is 8.34. The third-order valence-electron chi connectivity index (χ3n) is 5.96. The van der Waals surface area contributed by atoms with Crippen LogP contribution < -0.4 is 17.1 Å². The molecule has 4 N–H and O–H groups in total. The molecule has 2 aliphatic rings. The summed E-state index contributed by atoms with van der Waals surface area (Å²) in [6, 6.07) is 11.4. The maximum Gasteiger partial charge on any atom is 0.241 e. The van der Waals surface area contributed by atoms with E-state index >= 15 is 0 Å². The van der Waals surface area contributed by atoms with E-state index in [2.05, 4.69) is 11.6 Å². The van der Waals surface area contributed by atoms with Gasteiger partial charge in [0.25, 0.3) is 0 Å². The number of ketones is 1. The van der Waals surface area contributed by atoms with Gasteiger partial charge < -0.3 is 16.3 Å². The number of primary amides is 1. The first-order valence-corrected chi connectivity index (χ1v) is 10.5. The SMILES string of the molecule is C=CN=c1ccc(C2=C(c3cccc(C)c3)C(=O)C3(CCC(=CC(N)=O)CC3)O2)cn1N. The summed E-state index contributed by atoms with van der Waals surface area (Å²) in [5, 5.41) is 0. The third kappa shape index (κ3) is 3.89. The maximum atomic E-state index is 13.8. The second-order valence-corrected chi connectivity index (χ2v) is 8.20. The van der Waals surface area contributed by atoms with Crippen LogP contribution in [0.1, 0.15) is 42.4 Å². The number of allylic oxidation sites excluding steroid dienone is 1. The maximum absolute atomic E-state index is 13.8. The van der Waals surface area contributed by atoms with E-state index in [1.807, 2.05) is 37.3 Å². The molecular weight excluding hydrogens is 404 g/mol. The van der Waals surface area contributed by atoms with Gasteiger partial charge in [-0.1, -0.05) is 42.0 Å². The van der Waals surface area contributed by atoms with Gasteiger partial charge in [0.05, 0.1) is 5.57 Å². The molecule has 1 saturated carbocycles. The molecular formula is C25H26N4O3. The number of hydrogen-bond acceptors (Lipinski definition) is 5. The molecule has 32 heavy (non-hydrogen) atoms. The lowest BCUT2D eigenvalue weighted by atomic mass is 9.77. The van der Waals surface area contributed by atoms with Crippen molar-refractivity contribution in [2.75, 3.05) is 5.84 Å². The first kappa shape index (κ1) is 21.4. The molecule has 0 radical (unpaired) electrons. The molecule has 2 aromatic rings. The van der Waals surface area contributed by atoms with Gasteiger partial charge in [-0.2, -0.15) is 0 Å². The van der Waals surface area contributed by atoms with Gasteiger partial charge in [-0.15, -0.1) is 0 Å². The fraction of sp³-hybridized carbons (Fsp3) is 0.240. The number of aryl methyl sites for hydroxylation is 1. The van der Waals surface area contributed by atoms with Crippen LogP contribution in [0.4, 0.5) is 0 Å². The Kier molecular flexibility index (Phi) is 5.57. The minimum absolute atomic E-state index is 0.0420. The van der Waals surface area contributed by atoms with Crippen molar-refractivity contribution in [2.24, 2.45) is 10.7 Å². The van der Waals surface area contributed by atoms with E-state index in [1.165, 1.54) is 17.0 Å². The van der Waals surface area contributed by atoms with E-state index in [9.17, 15) is 9.59 Å². The summed E-state index contributed by atoms with van der Waals surface area (Å²) < 4.78 is 7.85. The van der Waals surface area contributed by atoms with Crippen LogP contribution in [0.5, 0.6) is 0 Å². The summed E-state index contributed by atoms with van der Waals surface area (Å²) in [7, 11) is 0. The van der Waals surface area contributed by atoms with Gasteiger partial charge in [0.1, 0.15) is 5.76 Å². The molecule has 1 fully saturated rings. The number of benzene rings is 1. The second-order valence-electron chi connectivity index (χ2n) is 8.20. The number of hydrogen-bond donors (Lipinski definition) is 2. The van der Waals surface area contributed by atoms with Crippen molar-refractivity contribution in [3.8, 4) is 0 Å². The topological polar surface area (TPSA) is 113 Å². The van der Waals surface area contributed by atoms with E-state index in [-0.39, 0.29) is 5.78 Å². The molecule has 1 aliphatic carbocycles. The average Bonchev–Trinajstić information content (AvgIpc) is 3.03. The molecule has 2 heterocycles. The van der Waals surface area contributed by atoms with E-state index in [0.717, 1.165) is 16.7 Å². The molecule has 0 saturated heterocycles. The summed E-state index contributed by atoms with van der Waals surface area (Å²) in [4.78, 5) is 29.2. The zero-order valence-corrected chi connectivity index (χ0v) is 18.0. The minimum Gasteiger partial charge on any atom is -0.478 e. The standard InChI is InChI=1S/C25H26N4O3/c1-3-28-21-8-7-19(15-29(21)27)23-22(18-6-4-5-16(2)13-18)24(31)25(32-23)11-9-17(10-12-25)14-20(26)30/h3-8,13-15H,1,9-12,27H2,2H3,(H2,26,30). The molecule has 1 aromatic heterocycles. The van der Waals surface area contributed by atoms with Crippen LogP contribution in [0.3, 0.4) is 0 Å². The van der Waals surface area contributed by atoms with Crippen LogP contribution in [0.2, 0.25) is 0 Å². The predicted molar refractivity (Wildman–Crippen MR) is 123 cm³/mol. The van der Waals surface area contributed by atoms with Gasteiger partial charge in [0.15, 0.2) is 11.1 Å². The highest BCUT2D eigenvalue weighted by Gasteiger charge is 2.51. The number of nitrogen functional groups attached to an aromatic ring is 1. The van der Waals surface area contributed by atoms with Crippen LogP contribution in [-0.2, 0) is 14.3 Å². The molecule has 1 aromatic carbocycles. The van der Waals surface area contributed by atoms with Crippen LogP contribution >= 0.6 is 0 Å². The van der Waals surface area contributed by atoms with Crippen molar-refractivity contribution in [1.29, 1.82) is 0 Å². The Morgan fingerprint density at radius 1 is 1.22 bits per heavy atom. The number of aromatic nitrogens is 1. The number of rotatable bonds is 4. The minimum atomic E-state index is -0.965. The molecule has 7 nitrogen and oxygen atoms in total. The third-order valence-corrected chi connectivity index (χ3v) is 5.96. The predicted octanol–water partition coefficient (Wildman–Crippen LogP) is 2.75. The Morgan fingerprint density at radius 3 is 2.59 bits per heavy atom. The Hall–Kier alpha value is -3.87. The lowest BCUT2D eigenvalue weighted by Crippen LogP contribution is -2.40. The number of nitrogens with zero attached hydrogens (tertiary/aromatic N) is 2. The first-order chi connectivity index (χ1) is 15.3. The van der Waals surface area contributed by atoms with E-state index < -0.39 is 11.5 Å². The molecule has 1 spiro atoms. The molecule has 7 heteroatoms. The van der Waals surface area contributed by atoms with Gasteiger partial charge in [-0.05, 0) is 50.3 Å². The molecule has 1 amide bonds. The lowest BCUT2D eigenvalue weighted by molar-refractivity contribution is -0.129. The Labute approximate surface area is 186 Å². The molecule has 164 valence electrons. The van der Waals surface area contributed by atoms with Gasteiger partial charge >= 0.3 is 0 Å². The van der Waals surface area contributed by atoms with Crippen molar-refractivity contribution in [3.63, 3.8) is 0 Å². The number of carbonyl (C=O) groups excluding carboxylic acids is 2. The van der Waals surface area contributed by atoms with Crippen LogP contribution in [0.15, 0.2) is 72.0 Å². The Bertz CT molecular complexity index is 1240. The quantitative estimate of drug-likeness (QED) is 0.574. The molecule has 0 bridgehead atoms. The highest BCUT2D eigenvalue weighted by molar-refractivity contribution is 6.33. The monoisotopic (exact) mass is 430 g/mol. The van der Waals surface area contributed by atoms with Crippen LogP contribution in [0, 0.1) is 6.92 Å². The number of pyridine rings is 1. The van der Waals surface area contributed by atoms with Crippen molar-refractivity contribution in [1.82, 2.24) is 4.68 Å². The lowest BCUT2D eigenvalue weighted by Gasteiger charge is -2.33. The van der Waals surface area contributed by atoms with Gasteiger partial charge in [-0.3, -0.25) is 14.3 Å². The molecule has 1 aliphatic heterocycles. The highest BCUT2D eigenvalue weighted by atomic mass is 16.5. The molecule has 4 rings (SSSR count). The zero-order valence-electron chi connectivity index (χ0n) is 18.0. The van der Waals surface area contributed by atoms with Crippen molar-refractivity contribution >= 4 is 23.0 Å². The van der Waals surface area contributed by atoms with E-state index in [0.29, 0.717) is 48.1 Å². The number of ether oxygens (including phenoxy) is 1. The fourth-order valence-electron chi connectivity index (χ4n) is 4.39. The highest BCUT2D eigenvalue weighted by Crippen LogP contribution is 2.48. The number of Topliss-reactive ketones (excluding diaryl/α,β-unsaturated/α-hetero) is 1. The largest absolute Gasteiger partial charge is 0.478 e.